The Morgan fingerprint density at radius 2 is 1.57 bits per heavy atom. The summed E-state index contributed by atoms with van der Waals surface area (Å²) in [4.78, 5) is 12.7. The highest BCUT2D eigenvalue weighted by Crippen LogP contribution is 2.35. The van der Waals surface area contributed by atoms with Crippen molar-refractivity contribution in [1.82, 2.24) is 0 Å². The summed E-state index contributed by atoms with van der Waals surface area (Å²) in [6, 6.07) is 13.2. The van der Waals surface area contributed by atoms with Crippen molar-refractivity contribution in [1.29, 1.82) is 0 Å². The first kappa shape index (κ1) is 17.8. The van der Waals surface area contributed by atoms with Crippen LogP contribution >= 0.6 is 23.2 Å². The third-order valence-electron chi connectivity index (χ3n) is 3.22. The molecule has 2 aromatic carbocycles. The largest absolute Gasteiger partial charge is 0.457 e. The molecule has 23 heavy (non-hydrogen) atoms. The highest BCUT2D eigenvalue weighted by Gasteiger charge is 2.43. The molecule has 0 aromatic heterocycles. The molecule has 0 unspecified atom stereocenters. The van der Waals surface area contributed by atoms with Crippen molar-refractivity contribution >= 4 is 29.2 Å². The standard InChI is InChI=1S/C18H18Cl2O3/c1-17(2,3)23-16(21)18(22,12-7-5-4-6-8-12)13-9-10-14(19)15(20)11-13/h4-11,22H,1-3H3/t18-/m1/s1. The van der Waals surface area contributed by atoms with Gasteiger partial charge in [-0.15, -0.1) is 0 Å². The van der Waals surface area contributed by atoms with Crippen LogP contribution in [0.4, 0.5) is 0 Å². The third-order valence-corrected chi connectivity index (χ3v) is 3.96. The van der Waals surface area contributed by atoms with Crippen LogP contribution in [0.15, 0.2) is 48.5 Å². The van der Waals surface area contributed by atoms with Gasteiger partial charge in [0, 0.05) is 5.56 Å². The Bertz CT molecular complexity index is 708. The van der Waals surface area contributed by atoms with Gasteiger partial charge in [0.2, 0.25) is 5.60 Å². The maximum Gasteiger partial charge on any atom is 0.348 e. The van der Waals surface area contributed by atoms with Crippen LogP contribution in [-0.4, -0.2) is 16.7 Å². The number of halogens is 2. The van der Waals surface area contributed by atoms with E-state index in [9.17, 15) is 9.90 Å². The number of benzene rings is 2. The van der Waals surface area contributed by atoms with Gasteiger partial charge in [0.05, 0.1) is 10.0 Å². The molecular formula is C18H18Cl2O3. The van der Waals surface area contributed by atoms with Gasteiger partial charge in [-0.3, -0.25) is 0 Å². The topological polar surface area (TPSA) is 46.5 Å². The minimum atomic E-state index is -1.97. The molecular weight excluding hydrogens is 335 g/mol. The Morgan fingerprint density at radius 1 is 0.957 bits per heavy atom. The number of ether oxygens (including phenoxy) is 1. The number of aliphatic hydroxyl groups is 1. The van der Waals surface area contributed by atoms with E-state index >= 15 is 0 Å². The normalized spacial score (nSPS) is 14.2. The zero-order valence-electron chi connectivity index (χ0n) is 13.1. The molecule has 2 rings (SSSR count). The second-order valence-corrected chi connectivity index (χ2v) is 7.02. The zero-order valence-corrected chi connectivity index (χ0v) is 14.7. The summed E-state index contributed by atoms with van der Waals surface area (Å²) in [6.45, 7) is 5.22. The van der Waals surface area contributed by atoms with E-state index in [4.69, 9.17) is 27.9 Å². The number of hydrogen-bond donors (Lipinski definition) is 1. The van der Waals surface area contributed by atoms with Gasteiger partial charge in [-0.05, 0) is 38.5 Å². The Hall–Kier alpha value is -1.55. The molecule has 0 radical (unpaired) electrons. The smallest absolute Gasteiger partial charge is 0.348 e. The maximum absolute atomic E-state index is 12.7. The van der Waals surface area contributed by atoms with E-state index in [1.807, 2.05) is 0 Å². The third kappa shape index (κ3) is 3.86. The lowest BCUT2D eigenvalue weighted by Crippen LogP contribution is -2.42. The van der Waals surface area contributed by atoms with Gasteiger partial charge in [0.15, 0.2) is 0 Å². The summed E-state index contributed by atoms with van der Waals surface area (Å²) >= 11 is 12.0. The molecule has 3 nitrogen and oxygen atoms in total. The number of hydrogen-bond acceptors (Lipinski definition) is 3. The molecule has 0 saturated heterocycles. The predicted octanol–water partition coefficient (Wildman–Crippen LogP) is 4.57. The molecule has 0 bridgehead atoms. The highest BCUT2D eigenvalue weighted by molar-refractivity contribution is 6.42. The fourth-order valence-electron chi connectivity index (χ4n) is 2.15. The molecule has 0 spiro atoms. The molecule has 0 fully saturated rings. The maximum atomic E-state index is 12.7. The zero-order chi connectivity index (χ0) is 17.3. The second kappa shape index (κ2) is 6.52. The van der Waals surface area contributed by atoms with E-state index in [1.165, 1.54) is 12.1 Å². The molecule has 0 heterocycles. The summed E-state index contributed by atoms with van der Waals surface area (Å²) in [7, 11) is 0. The lowest BCUT2D eigenvalue weighted by atomic mass is 9.86. The Kier molecular flexibility index (Phi) is 5.04. The Labute approximate surface area is 145 Å². The minimum absolute atomic E-state index is 0.252. The second-order valence-electron chi connectivity index (χ2n) is 6.21. The van der Waals surface area contributed by atoms with E-state index in [1.54, 1.807) is 57.2 Å². The van der Waals surface area contributed by atoms with Crippen LogP contribution in [0.3, 0.4) is 0 Å². The van der Waals surface area contributed by atoms with Gasteiger partial charge >= 0.3 is 5.97 Å². The molecule has 1 atom stereocenters. The van der Waals surface area contributed by atoms with Crippen molar-refractivity contribution in [3.8, 4) is 0 Å². The van der Waals surface area contributed by atoms with Gasteiger partial charge in [-0.2, -0.15) is 0 Å². The van der Waals surface area contributed by atoms with Gasteiger partial charge in [-0.25, -0.2) is 4.79 Å². The van der Waals surface area contributed by atoms with Gasteiger partial charge in [-0.1, -0.05) is 59.6 Å². The van der Waals surface area contributed by atoms with Crippen molar-refractivity contribution in [2.75, 3.05) is 0 Å². The summed E-state index contributed by atoms with van der Waals surface area (Å²) < 4.78 is 5.42. The van der Waals surface area contributed by atoms with Crippen molar-refractivity contribution in [2.24, 2.45) is 0 Å². The molecule has 0 aliphatic rings. The van der Waals surface area contributed by atoms with Crippen LogP contribution in [0.1, 0.15) is 31.9 Å². The number of carbonyl (C=O) groups excluding carboxylic acids is 1. The van der Waals surface area contributed by atoms with Gasteiger partial charge < -0.3 is 9.84 Å². The van der Waals surface area contributed by atoms with Crippen molar-refractivity contribution < 1.29 is 14.6 Å². The minimum Gasteiger partial charge on any atom is -0.457 e. The van der Waals surface area contributed by atoms with E-state index < -0.39 is 17.2 Å². The summed E-state index contributed by atoms with van der Waals surface area (Å²) in [5.74, 6) is -0.769. The van der Waals surface area contributed by atoms with E-state index in [-0.39, 0.29) is 5.02 Å². The Balaban J connectivity index is 2.60. The first-order chi connectivity index (χ1) is 10.6. The van der Waals surface area contributed by atoms with Crippen molar-refractivity contribution in [3.05, 3.63) is 69.7 Å². The summed E-state index contributed by atoms with van der Waals surface area (Å²) in [5.41, 5.74) is -2.02. The molecule has 0 aliphatic heterocycles. The van der Waals surface area contributed by atoms with Crippen LogP contribution in [0.2, 0.25) is 10.0 Å². The number of esters is 1. The summed E-state index contributed by atoms with van der Waals surface area (Å²) in [6.07, 6.45) is 0. The molecule has 2 aromatic rings. The van der Waals surface area contributed by atoms with Crippen molar-refractivity contribution in [2.45, 2.75) is 32.0 Å². The van der Waals surface area contributed by atoms with Crippen LogP contribution in [0, 0.1) is 0 Å². The lowest BCUT2D eigenvalue weighted by molar-refractivity contribution is -0.173. The molecule has 1 N–H and O–H groups in total. The van der Waals surface area contributed by atoms with Crippen LogP contribution in [0.25, 0.3) is 0 Å². The molecule has 122 valence electrons. The SMILES string of the molecule is CC(C)(C)OC(=O)[C@@](O)(c1ccccc1)c1ccc(Cl)c(Cl)c1. The molecule has 5 heteroatoms. The van der Waals surface area contributed by atoms with E-state index in [2.05, 4.69) is 0 Å². The Morgan fingerprint density at radius 3 is 2.09 bits per heavy atom. The average Bonchev–Trinajstić information content (AvgIpc) is 2.48. The van der Waals surface area contributed by atoms with E-state index in [0.29, 0.717) is 16.1 Å². The van der Waals surface area contributed by atoms with Crippen LogP contribution in [-0.2, 0) is 15.1 Å². The molecule has 0 saturated carbocycles. The fourth-order valence-corrected chi connectivity index (χ4v) is 2.45. The summed E-state index contributed by atoms with van der Waals surface area (Å²) in [5, 5.41) is 11.8. The number of carbonyl (C=O) groups is 1. The van der Waals surface area contributed by atoms with E-state index in [0.717, 1.165) is 0 Å². The van der Waals surface area contributed by atoms with Gasteiger partial charge in [0.1, 0.15) is 5.60 Å². The lowest BCUT2D eigenvalue weighted by Gasteiger charge is -2.31. The quantitative estimate of drug-likeness (QED) is 0.822. The fraction of sp³-hybridized carbons (Fsp3) is 0.278. The average molecular weight is 353 g/mol. The first-order valence-corrected chi connectivity index (χ1v) is 7.87. The van der Waals surface area contributed by atoms with Crippen molar-refractivity contribution in [3.63, 3.8) is 0 Å². The van der Waals surface area contributed by atoms with Gasteiger partial charge in [0.25, 0.3) is 0 Å². The monoisotopic (exact) mass is 352 g/mol. The molecule has 0 amide bonds. The first-order valence-electron chi connectivity index (χ1n) is 7.11. The number of rotatable bonds is 3. The van der Waals surface area contributed by atoms with Crippen LogP contribution in [0.5, 0.6) is 0 Å². The molecule has 0 aliphatic carbocycles. The predicted molar refractivity (Wildman–Crippen MR) is 91.7 cm³/mol. The van der Waals surface area contributed by atoms with Crippen LogP contribution < -0.4 is 0 Å². The highest BCUT2D eigenvalue weighted by atomic mass is 35.5.